The molecule has 1 aliphatic carbocycles. The first kappa shape index (κ1) is 30.4. The second-order valence-electron chi connectivity index (χ2n) is 8.71. The number of hydrogen-bond donors (Lipinski definition) is 4. The zero-order chi connectivity index (χ0) is 25.2. The van der Waals surface area contributed by atoms with Gasteiger partial charge in [0.15, 0.2) is 0 Å². The Morgan fingerprint density at radius 2 is 1.79 bits per heavy atom. The summed E-state index contributed by atoms with van der Waals surface area (Å²) in [6.45, 7) is 10.5. The van der Waals surface area contributed by atoms with Crippen LogP contribution in [0.3, 0.4) is 0 Å². The first-order valence-corrected chi connectivity index (χ1v) is 12.0. The van der Waals surface area contributed by atoms with E-state index in [4.69, 9.17) is 5.73 Å². The monoisotopic (exact) mass is 464 g/mol. The average Bonchev–Trinajstić information content (AvgIpc) is 2.80. The minimum Gasteiger partial charge on any atom is -0.506 e. The van der Waals surface area contributed by atoms with Crippen molar-refractivity contribution in [2.24, 2.45) is 28.5 Å². The van der Waals surface area contributed by atoms with E-state index in [0.717, 1.165) is 31.6 Å². The lowest BCUT2D eigenvalue weighted by Crippen LogP contribution is -2.42. The molecule has 0 radical (unpaired) electrons. The Hall–Kier alpha value is -2.61. The number of hydrogen-bond acceptors (Lipinski definition) is 5. The number of nitrogens with zero attached hydrogens (tertiary/aromatic N) is 2. The summed E-state index contributed by atoms with van der Waals surface area (Å²) in [5.74, 6) is 0.612. The van der Waals surface area contributed by atoms with Gasteiger partial charge in [0.2, 0.25) is 12.3 Å². The van der Waals surface area contributed by atoms with Crippen molar-refractivity contribution in [3.63, 3.8) is 0 Å². The van der Waals surface area contributed by atoms with Gasteiger partial charge in [0.05, 0.1) is 19.0 Å². The molecule has 1 aromatic rings. The Labute approximate surface area is 199 Å². The lowest BCUT2D eigenvalue weighted by molar-refractivity contribution is -0.155. The number of para-hydroxylation sites is 2. The van der Waals surface area contributed by atoms with Crippen molar-refractivity contribution in [1.29, 1.82) is 0 Å². The van der Waals surface area contributed by atoms with Crippen molar-refractivity contribution >= 4 is 23.8 Å². The van der Waals surface area contributed by atoms with Crippen LogP contribution in [0.15, 0.2) is 29.3 Å². The average molecular weight is 465 g/mol. The van der Waals surface area contributed by atoms with Crippen molar-refractivity contribution in [1.82, 2.24) is 10.4 Å². The fraction of sp³-hybridized carbons (Fsp3) is 0.640. The molecule has 0 unspecified atom stereocenters. The molecule has 1 aliphatic rings. The Morgan fingerprint density at radius 1 is 1.21 bits per heavy atom. The summed E-state index contributed by atoms with van der Waals surface area (Å²) in [5.41, 5.74) is 6.17. The summed E-state index contributed by atoms with van der Waals surface area (Å²) in [4.78, 5) is 27.4. The van der Waals surface area contributed by atoms with Gasteiger partial charge in [-0.3, -0.25) is 14.8 Å². The molecule has 0 aliphatic heterocycles. The molecule has 2 amide bonds. The van der Waals surface area contributed by atoms with E-state index in [9.17, 15) is 19.9 Å². The number of nitrogens with two attached hydrogens (primary N) is 1. The zero-order valence-corrected chi connectivity index (χ0v) is 21.0. The highest BCUT2D eigenvalue weighted by Gasteiger charge is 2.26. The first-order valence-electron chi connectivity index (χ1n) is 12.0. The molecule has 1 aromatic carbocycles. The maximum atomic E-state index is 12.6. The van der Waals surface area contributed by atoms with Gasteiger partial charge in [-0.2, -0.15) is 0 Å². The van der Waals surface area contributed by atoms with Crippen LogP contribution in [0.1, 0.15) is 73.1 Å². The van der Waals surface area contributed by atoms with Gasteiger partial charge in [-0.05, 0) is 30.4 Å². The van der Waals surface area contributed by atoms with E-state index in [1.165, 1.54) is 12.5 Å². The molecule has 33 heavy (non-hydrogen) atoms. The predicted molar refractivity (Wildman–Crippen MR) is 133 cm³/mol. The van der Waals surface area contributed by atoms with Gasteiger partial charge >= 0.3 is 0 Å². The van der Waals surface area contributed by atoms with Crippen LogP contribution in [-0.2, 0) is 9.59 Å². The van der Waals surface area contributed by atoms with Gasteiger partial charge in [0.1, 0.15) is 17.3 Å². The Morgan fingerprint density at radius 3 is 2.33 bits per heavy atom. The number of phenols is 1. The molecule has 0 aromatic heterocycles. The third-order valence-corrected chi connectivity index (χ3v) is 4.83. The molecular formula is C25H44N4O4. The molecule has 0 spiro atoms. The van der Waals surface area contributed by atoms with Crippen LogP contribution in [0, 0.1) is 17.8 Å². The Kier molecular flexibility index (Phi) is 16.5. The number of carbonyl (C=O) groups excluding carboxylic acids is 2. The van der Waals surface area contributed by atoms with E-state index in [-0.39, 0.29) is 30.6 Å². The molecular weight excluding hydrogens is 420 g/mol. The van der Waals surface area contributed by atoms with Crippen molar-refractivity contribution in [3.8, 4) is 5.75 Å². The molecule has 0 bridgehead atoms. The third-order valence-electron chi connectivity index (χ3n) is 4.83. The second kappa shape index (κ2) is 17.9. The van der Waals surface area contributed by atoms with E-state index >= 15 is 0 Å². The molecule has 1 fully saturated rings. The fourth-order valence-corrected chi connectivity index (χ4v) is 3.43. The van der Waals surface area contributed by atoms with E-state index < -0.39 is 5.92 Å². The normalized spacial score (nSPS) is 14.8. The topological polar surface area (TPSA) is 128 Å². The number of carbonyl (C=O) groups is 2. The summed E-state index contributed by atoms with van der Waals surface area (Å²) in [6, 6.07) is 6.51. The van der Waals surface area contributed by atoms with Gasteiger partial charge < -0.3 is 16.2 Å². The van der Waals surface area contributed by atoms with Gasteiger partial charge in [0, 0.05) is 0 Å². The van der Waals surface area contributed by atoms with Crippen molar-refractivity contribution in [3.05, 3.63) is 24.3 Å². The van der Waals surface area contributed by atoms with Crippen molar-refractivity contribution < 1.29 is 19.9 Å². The second-order valence-corrected chi connectivity index (χ2v) is 8.71. The maximum Gasteiger partial charge on any atom is 0.233 e. The predicted octanol–water partition coefficient (Wildman–Crippen LogP) is 4.62. The van der Waals surface area contributed by atoms with Crippen molar-refractivity contribution in [2.45, 2.75) is 73.1 Å². The van der Waals surface area contributed by atoms with Gasteiger partial charge in [-0.25, -0.2) is 10.1 Å². The fourth-order valence-electron chi connectivity index (χ4n) is 3.43. The lowest BCUT2D eigenvalue weighted by atomic mass is 9.82. The van der Waals surface area contributed by atoms with Crippen LogP contribution >= 0.6 is 0 Å². The molecule has 188 valence electrons. The van der Waals surface area contributed by atoms with Crippen LogP contribution < -0.4 is 11.1 Å². The minimum absolute atomic E-state index is 0.00357. The molecule has 0 saturated heterocycles. The highest BCUT2D eigenvalue weighted by Crippen LogP contribution is 2.29. The van der Waals surface area contributed by atoms with Gasteiger partial charge in [0.25, 0.3) is 0 Å². The molecule has 5 N–H and O–H groups in total. The number of benzene rings is 1. The molecule has 8 nitrogen and oxygen atoms in total. The minimum atomic E-state index is -0.513. The summed E-state index contributed by atoms with van der Waals surface area (Å²) >= 11 is 0. The number of nitrogens with one attached hydrogen (secondary N) is 1. The van der Waals surface area contributed by atoms with Crippen LogP contribution in [0.2, 0.25) is 0 Å². The summed E-state index contributed by atoms with van der Waals surface area (Å²) in [6.07, 6.45) is 6.56. The third kappa shape index (κ3) is 14.2. The largest absolute Gasteiger partial charge is 0.506 e. The maximum absolute atomic E-state index is 12.6. The van der Waals surface area contributed by atoms with Crippen molar-refractivity contribution in [2.75, 3.05) is 13.1 Å². The number of rotatable bonds is 9. The van der Waals surface area contributed by atoms with Crippen LogP contribution in [0.5, 0.6) is 5.75 Å². The summed E-state index contributed by atoms with van der Waals surface area (Å²) in [7, 11) is 0. The smallest absolute Gasteiger partial charge is 0.233 e. The molecule has 0 heterocycles. The Bertz CT molecular complexity index is 701. The van der Waals surface area contributed by atoms with E-state index in [1.54, 1.807) is 18.2 Å². The summed E-state index contributed by atoms with van der Waals surface area (Å²) < 4.78 is 0. The molecule has 1 atom stereocenters. The van der Waals surface area contributed by atoms with Gasteiger partial charge in [-0.1, -0.05) is 78.9 Å². The standard InChI is InChI=1S/C19H28N4O4.C4H10.C2H6/c20-18(22-16-8-4-5-9-17(16)25)11-21-19(26)15(12-23(27)13-24)10-14-6-2-1-3-7-14;1-4(2)3;1-2/h4-5,8-9,13-15,25,27H,1-3,6-7,10-12H2,(H2,20,22)(H,21,26);4H,1-3H3;1-2H3/t15-;;/m1../s1. The quantitative estimate of drug-likeness (QED) is 0.139. The molecule has 1 saturated carbocycles. The number of aromatic hydroxyl groups is 1. The van der Waals surface area contributed by atoms with Gasteiger partial charge in [-0.15, -0.1) is 0 Å². The number of amidine groups is 1. The summed E-state index contributed by atoms with van der Waals surface area (Å²) in [5, 5.41) is 22.5. The highest BCUT2D eigenvalue weighted by atomic mass is 16.5. The van der Waals surface area contributed by atoms with Crippen LogP contribution in [-0.4, -0.2) is 46.6 Å². The number of amides is 2. The SMILES string of the molecule is CC.CC(C)C.NC(CNC(=O)[C@H](CC1CCCCC1)CN(O)C=O)=Nc1ccccc1O. The van der Waals surface area contributed by atoms with Crippen LogP contribution in [0.4, 0.5) is 5.69 Å². The molecule has 8 heteroatoms. The number of hydroxylamine groups is 2. The highest BCUT2D eigenvalue weighted by molar-refractivity contribution is 5.90. The molecule has 2 rings (SSSR count). The van der Waals surface area contributed by atoms with E-state index in [0.29, 0.717) is 29.5 Å². The lowest BCUT2D eigenvalue weighted by Gasteiger charge is -2.27. The van der Waals surface area contributed by atoms with Crippen LogP contribution in [0.25, 0.3) is 0 Å². The van der Waals surface area contributed by atoms with E-state index in [1.807, 2.05) is 13.8 Å². The number of aliphatic imine (C=N–C) groups is 1. The number of phenolic OH excluding ortho intramolecular Hbond substituents is 1. The first-order chi connectivity index (χ1) is 15.7. The van der Waals surface area contributed by atoms with E-state index in [2.05, 4.69) is 31.1 Å². The zero-order valence-electron chi connectivity index (χ0n) is 21.0. The Balaban J connectivity index is 0.00000154.